The Morgan fingerprint density at radius 1 is 1.53 bits per heavy atom. The Morgan fingerprint density at radius 3 is 2.60 bits per heavy atom. The lowest BCUT2D eigenvalue weighted by molar-refractivity contribution is -0.122. The molecule has 0 aromatic heterocycles. The van der Waals surface area contributed by atoms with Crippen molar-refractivity contribution in [1.82, 2.24) is 10.6 Å². The highest BCUT2D eigenvalue weighted by Gasteiger charge is 2.18. The molecule has 0 aliphatic heterocycles. The summed E-state index contributed by atoms with van der Waals surface area (Å²) in [6.07, 6.45) is 2.78. The van der Waals surface area contributed by atoms with E-state index < -0.39 is 0 Å². The third-order valence-electron chi connectivity index (χ3n) is 2.66. The zero-order valence-corrected chi connectivity index (χ0v) is 10.4. The van der Waals surface area contributed by atoms with E-state index in [1.165, 1.54) is 0 Å². The fraction of sp³-hybridized carbons (Fsp3) is 0.750. The van der Waals surface area contributed by atoms with Gasteiger partial charge in [-0.25, -0.2) is 0 Å². The van der Waals surface area contributed by atoms with E-state index in [2.05, 4.69) is 38.0 Å². The van der Waals surface area contributed by atoms with Crippen LogP contribution >= 0.6 is 0 Å². The molecular weight excluding hydrogens is 188 g/mol. The summed E-state index contributed by atoms with van der Waals surface area (Å²) >= 11 is 0. The molecule has 0 aliphatic rings. The third kappa shape index (κ3) is 6.28. The second kappa shape index (κ2) is 6.62. The van der Waals surface area contributed by atoms with Crippen molar-refractivity contribution in [3.05, 3.63) is 12.7 Å². The van der Waals surface area contributed by atoms with Crippen LogP contribution < -0.4 is 10.6 Å². The Labute approximate surface area is 93.3 Å². The summed E-state index contributed by atoms with van der Waals surface area (Å²) in [5, 5.41) is 6.00. The van der Waals surface area contributed by atoms with Crippen LogP contribution in [0.15, 0.2) is 12.7 Å². The summed E-state index contributed by atoms with van der Waals surface area (Å²) in [7, 11) is 0. The van der Waals surface area contributed by atoms with Crippen molar-refractivity contribution in [1.29, 1.82) is 0 Å². The van der Waals surface area contributed by atoms with Gasteiger partial charge in [-0.15, -0.1) is 6.58 Å². The lowest BCUT2D eigenvalue weighted by Gasteiger charge is -2.25. The van der Waals surface area contributed by atoms with Gasteiger partial charge in [0.2, 0.25) is 5.91 Å². The van der Waals surface area contributed by atoms with Crippen molar-refractivity contribution in [3.63, 3.8) is 0 Å². The minimum absolute atomic E-state index is 0.0294. The number of amides is 1. The molecule has 2 N–H and O–H groups in total. The number of hydrogen-bond acceptors (Lipinski definition) is 2. The van der Waals surface area contributed by atoms with Crippen molar-refractivity contribution >= 4 is 5.91 Å². The number of carbonyl (C=O) groups excluding carboxylic acids is 1. The smallest absolute Gasteiger partial charge is 0.237 e. The highest BCUT2D eigenvalue weighted by atomic mass is 16.2. The van der Waals surface area contributed by atoms with Crippen LogP contribution in [0.5, 0.6) is 0 Å². The van der Waals surface area contributed by atoms with Gasteiger partial charge >= 0.3 is 0 Å². The summed E-state index contributed by atoms with van der Waals surface area (Å²) in [5.41, 5.74) is 0.243. The fourth-order valence-corrected chi connectivity index (χ4v) is 0.973. The van der Waals surface area contributed by atoms with Gasteiger partial charge in [-0.1, -0.05) is 26.8 Å². The van der Waals surface area contributed by atoms with Gasteiger partial charge in [0.1, 0.15) is 0 Å². The monoisotopic (exact) mass is 212 g/mol. The van der Waals surface area contributed by atoms with Gasteiger partial charge in [-0.05, 0) is 18.8 Å². The molecule has 0 spiro atoms. The predicted octanol–water partition coefficient (Wildman–Crippen LogP) is 1.70. The number of hydrogen-bond donors (Lipinski definition) is 2. The van der Waals surface area contributed by atoms with E-state index in [-0.39, 0.29) is 17.4 Å². The van der Waals surface area contributed by atoms with E-state index in [1.54, 1.807) is 6.08 Å². The molecule has 0 saturated heterocycles. The predicted molar refractivity (Wildman–Crippen MR) is 64.7 cm³/mol. The van der Waals surface area contributed by atoms with Crippen molar-refractivity contribution in [3.8, 4) is 0 Å². The molecule has 0 radical (unpaired) electrons. The first-order chi connectivity index (χ1) is 6.93. The van der Waals surface area contributed by atoms with Crippen LogP contribution in [0.4, 0.5) is 0 Å². The molecule has 1 amide bonds. The van der Waals surface area contributed by atoms with Crippen LogP contribution in [0.3, 0.4) is 0 Å². The molecular formula is C12H24N2O. The summed E-state index contributed by atoms with van der Waals surface area (Å²) in [6.45, 7) is 13.4. The van der Waals surface area contributed by atoms with Crippen molar-refractivity contribution in [2.24, 2.45) is 5.41 Å². The second-order valence-electron chi connectivity index (χ2n) is 4.65. The van der Waals surface area contributed by atoms with E-state index in [4.69, 9.17) is 0 Å². The number of nitrogens with one attached hydrogen (secondary N) is 2. The molecule has 1 unspecified atom stereocenters. The molecule has 88 valence electrons. The number of rotatable bonds is 7. The molecule has 15 heavy (non-hydrogen) atoms. The Kier molecular flexibility index (Phi) is 6.25. The van der Waals surface area contributed by atoms with Gasteiger partial charge in [0.15, 0.2) is 0 Å². The van der Waals surface area contributed by atoms with E-state index >= 15 is 0 Å². The molecule has 0 aliphatic carbocycles. The minimum atomic E-state index is -0.143. The molecule has 0 aromatic carbocycles. The molecule has 3 heteroatoms. The first kappa shape index (κ1) is 14.2. The summed E-state index contributed by atoms with van der Waals surface area (Å²) < 4.78 is 0. The fourth-order valence-electron chi connectivity index (χ4n) is 0.973. The van der Waals surface area contributed by atoms with E-state index in [0.717, 1.165) is 13.0 Å². The van der Waals surface area contributed by atoms with Crippen LogP contribution in [0, 0.1) is 5.41 Å². The van der Waals surface area contributed by atoms with Crippen LogP contribution in [0.25, 0.3) is 0 Å². The molecule has 0 rings (SSSR count). The average molecular weight is 212 g/mol. The zero-order chi connectivity index (χ0) is 11.9. The van der Waals surface area contributed by atoms with Crippen LogP contribution in [-0.2, 0) is 4.79 Å². The topological polar surface area (TPSA) is 41.1 Å². The van der Waals surface area contributed by atoms with E-state index in [0.29, 0.717) is 6.54 Å². The molecule has 3 nitrogen and oxygen atoms in total. The molecule has 0 saturated carbocycles. The quantitative estimate of drug-likeness (QED) is 0.631. The van der Waals surface area contributed by atoms with Crippen LogP contribution in [-0.4, -0.2) is 25.0 Å². The third-order valence-corrected chi connectivity index (χ3v) is 2.66. The maximum atomic E-state index is 11.5. The summed E-state index contributed by atoms with van der Waals surface area (Å²) in [6, 6.07) is -0.143. The van der Waals surface area contributed by atoms with E-state index in [1.807, 2.05) is 6.92 Å². The van der Waals surface area contributed by atoms with Gasteiger partial charge in [0.05, 0.1) is 6.04 Å². The van der Waals surface area contributed by atoms with Gasteiger partial charge in [0, 0.05) is 13.1 Å². The lowest BCUT2D eigenvalue weighted by atomic mass is 9.90. The lowest BCUT2D eigenvalue weighted by Crippen LogP contribution is -2.45. The SMILES string of the molecule is C=CCNC(=O)C(C)NCC(C)(C)CC. The maximum Gasteiger partial charge on any atom is 0.237 e. The standard InChI is InChI=1S/C12H24N2O/c1-6-8-13-11(15)10(3)14-9-12(4,5)7-2/h6,10,14H,1,7-9H2,2-5H3,(H,13,15). The van der Waals surface area contributed by atoms with E-state index in [9.17, 15) is 4.79 Å². The van der Waals surface area contributed by atoms with Crippen LogP contribution in [0.2, 0.25) is 0 Å². The molecule has 0 bridgehead atoms. The first-order valence-electron chi connectivity index (χ1n) is 5.55. The largest absolute Gasteiger partial charge is 0.351 e. The Bertz CT molecular complexity index is 212. The number of carbonyl (C=O) groups is 1. The molecule has 0 fully saturated rings. The minimum Gasteiger partial charge on any atom is -0.351 e. The first-order valence-corrected chi connectivity index (χ1v) is 5.55. The van der Waals surface area contributed by atoms with Gasteiger partial charge < -0.3 is 10.6 Å². The molecule has 0 heterocycles. The molecule has 0 aromatic rings. The Balaban J connectivity index is 3.87. The normalized spacial score (nSPS) is 13.3. The Morgan fingerprint density at radius 2 is 2.13 bits per heavy atom. The second-order valence-corrected chi connectivity index (χ2v) is 4.65. The summed E-state index contributed by atoms with van der Waals surface area (Å²) in [5.74, 6) is 0.0294. The average Bonchev–Trinajstić information content (AvgIpc) is 2.22. The van der Waals surface area contributed by atoms with Crippen molar-refractivity contribution < 1.29 is 4.79 Å². The van der Waals surface area contributed by atoms with Crippen LogP contribution in [0.1, 0.15) is 34.1 Å². The van der Waals surface area contributed by atoms with Crippen molar-refractivity contribution in [2.45, 2.75) is 40.2 Å². The zero-order valence-electron chi connectivity index (χ0n) is 10.4. The highest BCUT2D eigenvalue weighted by molar-refractivity contribution is 5.81. The van der Waals surface area contributed by atoms with Crippen molar-refractivity contribution in [2.75, 3.05) is 13.1 Å². The van der Waals surface area contributed by atoms with Gasteiger partial charge in [-0.3, -0.25) is 4.79 Å². The van der Waals surface area contributed by atoms with Gasteiger partial charge in [0.25, 0.3) is 0 Å². The van der Waals surface area contributed by atoms with Gasteiger partial charge in [-0.2, -0.15) is 0 Å². The maximum absolute atomic E-state index is 11.5. The molecule has 1 atom stereocenters. The Hall–Kier alpha value is -0.830. The summed E-state index contributed by atoms with van der Waals surface area (Å²) in [4.78, 5) is 11.5. The highest BCUT2D eigenvalue weighted by Crippen LogP contribution is 2.17.